The molecule has 2 rings (SSSR count). The first kappa shape index (κ1) is 38.2. The fourth-order valence-electron chi connectivity index (χ4n) is 4.91. The van der Waals surface area contributed by atoms with Gasteiger partial charge < -0.3 is 24.5 Å². The van der Waals surface area contributed by atoms with Crippen molar-refractivity contribution >= 4 is 23.9 Å². The van der Waals surface area contributed by atoms with E-state index in [-0.39, 0.29) is 45.6 Å². The molecule has 0 radical (unpaired) electrons. The molecule has 260 valence electrons. The van der Waals surface area contributed by atoms with Crippen LogP contribution in [0.1, 0.15) is 63.4 Å². The Morgan fingerprint density at radius 2 is 1.64 bits per heavy atom. The van der Waals surface area contributed by atoms with Crippen molar-refractivity contribution < 1.29 is 48.5 Å². The molecule has 3 atom stereocenters. The number of piperidine rings is 1. The van der Waals surface area contributed by atoms with Crippen LogP contribution in [-0.4, -0.2) is 90.2 Å². The largest absolute Gasteiger partial charge is 0.464 e. The summed E-state index contributed by atoms with van der Waals surface area (Å²) in [6.45, 7) is -0.692. The standard InChI is InChI=1S/C28H40N6O13/c35-25(31-39)22(15-14-21-10-2-1-3-11-21)30-23(12-4-6-16-29-28(38)45-20-47-34(42)43)26(36)32-17-7-5-13-24(32)27(37)44-18-8-9-19-46-33(40)41/h1-3,10-11,22-24,30H,4-9,12-20H2,(H,29,38). The number of hydrogen-bond acceptors (Lipinski definition) is 14. The molecule has 1 aromatic carbocycles. The SMILES string of the molecule is O=NC(=O)C(CCc1ccccc1)NC(CCCCNC(=O)OCO[N+](=O)[O-])C(=O)N1CCCCC1C(=O)OCCCCO[N+](=O)[O-]. The van der Waals surface area contributed by atoms with Crippen molar-refractivity contribution in [3.05, 3.63) is 61.0 Å². The normalized spacial score (nSPS) is 15.4. The highest BCUT2D eigenvalue weighted by Gasteiger charge is 2.37. The topological polar surface area (TPSA) is 248 Å². The molecule has 47 heavy (non-hydrogen) atoms. The summed E-state index contributed by atoms with van der Waals surface area (Å²) in [6.07, 6.45) is 2.73. The third kappa shape index (κ3) is 15.3. The fraction of sp³-hybridized carbons (Fsp3) is 0.643. The van der Waals surface area contributed by atoms with Crippen LogP contribution in [0.15, 0.2) is 35.5 Å². The van der Waals surface area contributed by atoms with Gasteiger partial charge in [-0.05, 0) is 69.8 Å². The Kier molecular flexibility index (Phi) is 17.7. The Hall–Kier alpha value is -4.94. The third-order valence-electron chi connectivity index (χ3n) is 7.23. The lowest BCUT2D eigenvalue weighted by atomic mass is 9.98. The first-order chi connectivity index (χ1) is 22.6. The highest BCUT2D eigenvalue weighted by molar-refractivity contribution is 5.89. The van der Waals surface area contributed by atoms with Crippen LogP contribution in [-0.2, 0) is 40.0 Å². The smallest absolute Gasteiger partial charge is 0.409 e. The molecule has 0 saturated carbocycles. The van der Waals surface area contributed by atoms with E-state index in [0.29, 0.717) is 44.9 Å². The van der Waals surface area contributed by atoms with Crippen LogP contribution >= 0.6 is 0 Å². The second-order valence-electron chi connectivity index (χ2n) is 10.5. The van der Waals surface area contributed by atoms with Crippen LogP contribution in [0.2, 0.25) is 0 Å². The quantitative estimate of drug-likeness (QED) is 0.0449. The van der Waals surface area contributed by atoms with Gasteiger partial charge in [0.2, 0.25) is 12.7 Å². The van der Waals surface area contributed by atoms with E-state index in [9.17, 15) is 44.3 Å². The molecular weight excluding hydrogens is 628 g/mol. The predicted molar refractivity (Wildman–Crippen MR) is 160 cm³/mol. The minimum absolute atomic E-state index is 0.0191. The van der Waals surface area contributed by atoms with Gasteiger partial charge in [-0.3, -0.25) is 19.7 Å². The minimum atomic E-state index is -1.11. The number of nitroso groups, excluding NO2 is 1. The zero-order valence-corrected chi connectivity index (χ0v) is 25.8. The van der Waals surface area contributed by atoms with Crippen molar-refractivity contribution in [1.29, 1.82) is 0 Å². The first-order valence-corrected chi connectivity index (χ1v) is 15.2. The second-order valence-corrected chi connectivity index (χ2v) is 10.5. The third-order valence-corrected chi connectivity index (χ3v) is 7.23. The molecule has 1 saturated heterocycles. The molecular formula is C28H40N6O13. The number of rotatable bonds is 22. The molecule has 1 fully saturated rings. The van der Waals surface area contributed by atoms with E-state index in [2.05, 4.69) is 30.2 Å². The Morgan fingerprint density at radius 1 is 0.915 bits per heavy atom. The van der Waals surface area contributed by atoms with Crippen LogP contribution < -0.4 is 10.6 Å². The van der Waals surface area contributed by atoms with Crippen LogP contribution in [0, 0.1) is 25.1 Å². The van der Waals surface area contributed by atoms with Crippen molar-refractivity contribution in [1.82, 2.24) is 15.5 Å². The number of aryl methyl sites for hydroxylation is 1. The maximum atomic E-state index is 14.0. The number of esters is 1. The van der Waals surface area contributed by atoms with Crippen molar-refractivity contribution in [2.45, 2.75) is 82.3 Å². The number of nitrogens with zero attached hydrogens (tertiary/aromatic N) is 4. The number of nitrogens with one attached hydrogen (secondary N) is 2. The molecule has 19 heteroatoms. The van der Waals surface area contributed by atoms with E-state index >= 15 is 0 Å². The summed E-state index contributed by atoms with van der Waals surface area (Å²) < 4.78 is 9.86. The van der Waals surface area contributed by atoms with E-state index in [4.69, 9.17) is 4.74 Å². The molecule has 1 aliphatic heterocycles. The summed E-state index contributed by atoms with van der Waals surface area (Å²) in [5.41, 5.74) is 0.909. The second kappa shape index (κ2) is 21.7. The van der Waals surface area contributed by atoms with E-state index in [0.717, 1.165) is 5.56 Å². The Labute approximate surface area is 269 Å². The predicted octanol–water partition coefficient (Wildman–Crippen LogP) is 2.21. The molecule has 2 N–H and O–H groups in total. The molecule has 1 heterocycles. The molecule has 3 unspecified atom stereocenters. The summed E-state index contributed by atoms with van der Waals surface area (Å²) >= 11 is 0. The summed E-state index contributed by atoms with van der Waals surface area (Å²) in [4.78, 5) is 92.5. The lowest BCUT2D eigenvalue weighted by molar-refractivity contribution is -0.765. The van der Waals surface area contributed by atoms with E-state index in [1.807, 2.05) is 30.3 Å². The number of carbonyl (C=O) groups excluding carboxylic acids is 4. The zero-order valence-electron chi connectivity index (χ0n) is 25.8. The Morgan fingerprint density at radius 3 is 2.34 bits per heavy atom. The molecule has 19 nitrogen and oxygen atoms in total. The maximum absolute atomic E-state index is 14.0. The molecule has 1 aromatic rings. The van der Waals surface area contributed by atoms with Crippen molar-refractivity contribution in [3.63, 3.8) is 0 Å². The van der Waals surface area contributed by atoms with Gasteiger partial charge in [-0.2, -0.15) is 0 Å². The van der Waals surface area contributed by atoms with E-state index in [1.54, 1.807) is 0 Å². The van der Waals surface area contributed by atoms with Gasteiger partial charge in [-0.1, -0.05) is 30.3 Å². The average molecular weight is 669 g/mol. The Balaban J connectivity index is 2.08. The molecule has 0 bridgehead atoms. The fourth-order valence-corrected chi connectivity index (χ4v) is 4.91. The highest BCUT2D eigenvalue weighted by atomic mass is 17.0. The van der Waals surface area contributed by atoms with Crippen LogP contribution in [0.5, 0.6) is 0 Å². The number of alkyl carbamates (subject to hydrolysis) is 1. The summed E-state index contributed by atoms with van der Waals surface area (Å²) in [5, 5.41) is 26.4. The van der Waals surface area contributed by atoms with Crippen LogP contribution in [0.3, 0.4) is 0 Å². The lowest BCUT2D eigenvalue weighted by Crippen LogP contribution is -2.57. The lowest BCUT2D eigenvalue weighted by Gasteiger charge is -2.37. The van der Waals surface area contributed by atoms with E-state index in [1.165, 1.54) is 4.90 Å². The van der Waals surface area contributed by atoms with Gasteiger partial charge in [0.15, 0.2) is 0 Å². The minimum Gasteiger partial charge on any atom is -0.464 e. The molecule has 0 aromatic heterocycles. The van der Waals surface area contributed by atoms with Gasteiger partial charge in [0.05, 0.1) is 25.3 Å². The van der Waals surface area contributed by atoms with Gasteiger partial charge in [0, 0.05) is 18.3 Å². The van der Waals surface area contributed by atoms with Crippen molar-refractivity contribution in [2.75, 3.05) is 33.1 Å². The number of carbonyl (C=O) groups is 4. The summed E-state index contributed by atoms with van der Waals surface area (Å²) in [7, 11) is 0. The summed E-state index contributed by atoms with van der Waals surface area (Å²) in [5.74, 6) is -2.07. The molecule has 0 spiro atoms. The average Bonchev–Trinajstić information content (AvgIpc) is 3.06. The van der Waals surface area contributed by atoms with Gasteiger partial charge in [0.25, 0.3) is 10.2 Å². The molecule has 3 amide bonds. The number of hydrogen-bond donors (Lipinski definition) is 2. The number of amides is 3. The Bertz CT molecular complexity index is 1190. The first-order valence-electron chi connectivity index (χ1n) is 15.2. The maximum Gasteiger partial charge on any atom is 0.409 e. The van der Waals surface area contributed by atoms with Crippen LogP contribution in [0.25, 0.3) is 0 Å². The molecule has 1 aliphatic rings. The van der Waals surface area contributed by atoms with Gasteiger partial charge in [-0.25, -0.2) is 9.59 Å². The number of benzene rings is 1. The highest BCUT2D eigenvalue weighted by Crippen LogP contribution is 2.21. The van der Waals surface area contributed by atoms with Gasteiger partial charge >= 0.3 is 18.0 Å². The monoisotopic (exact) mass is 668 g/mol. The van der Waals surface area contributed by atoms with Crippen molar-refractivity contribution in [2.24, 2.45) is 5.18 Å². The van der Waals surface area contributed by atoms with Crippen molar-refractivity contribution in [3.8, 4) is 0 Å². The van der Waals surface area contributed by atoms with E-state index < -0.39 is 59.0 Å². The number of ether oxygens (including phenoxy) is 2. The molecule has 0 aliphatic carbocycles. The van der Waals surface area contributed by atoms with Gasteiger partial charge in [0.1, 0.15) is 6.04 Å². The van der Waals surface area contributed by atoms with Gasteiger partial charge in [-0.15, -0.1) is 25.1 Å². The van der Waals surface area contributed by atoms with Crippen LogP contribution in [0.4, 0.5) is 4.79 Å². The number of likely N-dealkylation sites (tertiary alicyclic amines) is 1. The number of unbranched alkanes of at least 4 members (excludes halogenated alkanes) is 2. The summed E-state index contributed by atoms with van der Waals surface area (Å²) in [6, 6.07) is 6.24. The zero-order chi connectivity index (χ0) is 34.4.